The molecule has 7 nitrogen and oxygen atoms in total. The average Bonchev–Trinajstić information content (AvgIpc) is 2.63. The molecule has 27 heavy (non-hydrogen) atoms. The molecule has 154 valence electrons. The van der Waals surface area contributed by atoms with Crippen molar-refractivity contribution in [3.05, 3.63) is 23.8 Å². The van der Waals surface area contributed by atoms with Gasteiger partial charge in [0.05, 0.1) is 17.6 Å². The predicted molar refractivity (Wildman–Crippen MR) is 108 cm³/mol. The molecule has 2 rings (SSSR count). The van der Waals surface area contributed by atoms with Crippen LogP contribution in [-0.4, -0.2) is 58.0 Å². The van der Waals surface area contributed by atoms with Gasteiger partial charge in [0.2, 0.25) is 10.0 Å². The molecule has 0 bridgehead atoms. The Bertz CT molecular complexity index is 738. The highest BCUT2D eigenvalue weighted by molar-refractivity contribution is 7.89. The Morgan fingerprint density at radius 2 is 2.00 bits per heavy atom. The lowest BCUT2D eigenvalue weighted by Gasteiger charge is -2.30. The summed E-state index contributed by atoms with van der Waals surface area (Å²) < 4.78 is 32.2. The van der Waals surface area contributed by atoms with Crippen LogP contribution in [-0.2, 0) is 10.0 Å². The summed E-state index contributed by atoms with van der Waals surface area (Å²) in [5, 5.41) is 6.32. The maximum atomic E-state index is 12.8. The number of ether oxygens (including phenoxy) is 1. The van der Waals surface area contributed by atoms with Gasteiger partial charge in [0.15, 0.2) is 0 Å². The lowest BCUT2D eigenvalue weighted by atomic mass is 9.95. The van der Waals surface area contributed by atoms with E-state index in [0.29, 0.717) is 24.8 Å². The van der Waals surface area contributed by atoms with Crippen LogP contribution in [0.4, 0.5) is 0 Å². The quantitative estimate of drug-likeness (QED) is 0.704. The molecule has 0 aliphatic carbocycles. The number of carbonyl (C=O) groups is 1. The van der Waals surface area contributed by atoms with Crippen LogP contribution < -0.4 is 15.4 Å². The van der Waals surface area contributed by atoms with E-state index in [1.54, 1.807) is 13.8 Å². The number of carbonyl (C=O) groups excluding carboxylic acids is 1. The van der Waals surface area contributed by atoms with E-state index in [-0.39, 0.29) is 34.8 Å². The fourth-order valence-electron chi connectivity index (χ4n) is 3.21. The molecule has 1 aromatic carbocycles. The first-order valence-electron chi connectivity index (χ1n) is 9.04. The second-order valence-electron chi connectivity index (χ2n) is 6.50. The van der Waals surface area contributed by atoms with Gasteiger partial charge >= 0.3 is 0 Å². The summed E-state index contributed by atoms with van der Waals surface area (Å²) in [6, 6.07) is 4.48. The Morgan fingerprint density at radius 3 is 2.56 bits per heavy atom. The van der Waals surface area contributed by atoms with E-state index < -0.39 is 10.0 Å². The molecule has 2 N–H and O–H groups in total. The van der Waals surface area contributed by atoms with Crippen LogP contribution in [0.2, 0.25) is 0 Å². The van der Waals surface area contributed by atoms with Gasteiger partial charge in [-0.25, -0.2) is 8.42 Å². The Balaban J connectivity index is 0.00000364. The van der Waals surface area contributed by atoms with Crippen molar-refractivity contribution in [3.63, 3.8) is 0 Å². The van der Waals surface area contributed by atoms with Gasteiger partial charge in [0, 0.05) is 19.1 Å². The van der Waals surface area contributed by atoms with Crippen LogP contribution in [0, 0.1) is 5.92 Å². The highest BCUT2D eigenvalue weighted by atomic mass is 35.5. The van der Waals surface area contributed by atoms with Gasteiger partial charge in [-0.1, -0.05) is 20.8 Å². The minimum atomic E-state index is -3.64. The third kappa shape index (κ3) is 5.34. The molecular formula is C18H30ClN3O4S. The first-order valence-corrected chi connectivity index (χ1v) is 10.5. The monoisotopic (exact) mass is 419 g/mol. The summed E-state index contributed by atoms with van der Waals surface area (Å²) in [5.74, 6) is 0.362. The van der Waals surface area contributed by atoms with Crippen molar-refractivity contribution >= 4 is 28.3 Å². The molecule has 2 unspecified atom stereocenters. The minimum absolute atomic E-state index is 0. The summed E-state index contributed by atoms with van der Waals surface area (Å²) >= 11 is 0. The molecule has 9 heteroatoms. The third-order valence-corrected chi connectivity index (χ3v) is 6.91. The molecule has 1 saturated heterocycles. The maximum Gasteiger partial charge on any atom is 0.255 e. The number of nitrogens with one attached hydrogen (secondary N) is 2. The normalized spacial score (nSPS) is 20.0. The molecule has 1 heterocycles. The fraction of sp³-hybridized carbons (Fsp3) is 0.611. The zero-order chi connectivity index (χ0) is 19.3. The van der Waals surface area contributed by atoms with Crippen molar-refractivity contribution in [2.24, 2.45) is 5.92 Å². The van der Waals surface area contributed by atoms with E-state index in [4.69, 9.17) is 4.74 Å². The molecule has 2 atom stereocenters. The second-order valence-corrected chi connectivity index (χ2v) is 8.44. The second kappa shape index (κ2) is 10.3. The van der Waals surface area contributed by atoms with Crippen molar-refractivity contribution in [2.75, 3.05) is 33.3 Å². The van der Waals surface area contributed by atoms with Crippen LogP contribution in [0.3, 0.4) is 0 Å². The average molecular weight is 420 g/mol. The highest BCUT2D eigenvalue weighted by Gasteiger charge is 2.27. The summed E-state index contributed by atoms with van der Waals surface area (Å²) in [6.07, 6.45) is 0.840. The number of methoxy groups -OCH3 is 1. The standard InChI is InChI=1S/C18H29N3O4S.ClH/c1-5-21(6-2)26(23,24)14-7-8-17(25-4)15(11-14)18(22)20-16-9-10-19-12-13(16)3;/h7-8,11,13,16,19H,5-6,9-10,12H2,1-4H3,(H,20,22);1H. The Labute approximate surface area is 168 Å². The molecule has 1 aromatic rings. The SMILES string of the molecule is CCN(CC)S(=O)(=O)c1ccc(OC)c(C(=O)NC2CCNCC2C)c1.Cl. The van der Waals surface area contributed by atoms with Gasteiger partial charge in [0.1, 0.15) is 5.75 Å². The lowest BCUT2D eigenvalue weighted by molar-refractivity contribution is 0.0911. The van der Waals surface area contributed by atoms with E-state index in [1.807, 2.05) is 0 Å². The number of nitrogens with zero attached hydrogens (tertiary/aromatic N) is 1. The van der Waals surface area contributed by atoms with Crippen LogP contribution in [0.15, 0.2) is 23.1 Å². The zero-order valence-corrected chi connectivity index (χ0v) is 18.0. The number of rotatable bonds is 7. The minimum Gasteiger partial charge on any atom is -0.496 e. The van der Waals surface area contributed by atoms with E-state index in [2.05, 4.69) is 17.6 Å². The summed E-state index contributed by atoms with van der Waals surface area (Å²) in [4.78, 5) is 12.9. The van der Waals surface area contributed by atoms with E-state index in [0.717, 1.165) is 19.5 Å². The maximum absolute atomic E-state index is 12.8. The molecule has 0 aromatic heterocycles. The van der Waals surface area contributed by atoms with Gasteiger partial charge in [-0.2, -0.15) is 4.31 Å². The van der Waals surface area contributed by atoms with Crippen molar-refractivity contribution in [1.29, 1.82) is 0 Å². The van der Waals surface area contributed by atoms with Crippen LogP contribution in [0.25, 0.3) is 0 Å². The Hall–Kier alpha value is -1.35. The largest absolute Gasteiger partial charge is 0.496 e. The van der Waals surface area contributed by atoms with Crippen molar-refractivity contribution in [1.82, 2.24) is 14.9 Å². The fourth-order valence-corrected chi connectivity index (χ4v) is 4.70. The van der Waals surface area contributed by atoms with Crippen LogP contribution >= 0.6 is 12.4 Å². The highest BCUT2D eigenvalue weighted by Crippen LogP contribution is 2.25. The van der Waals surface area contributed by atoms with Gasteiger partial charge in [0.25, 0.3) is 5.91 Å². The molecule has 1 aliphatic heterocycles. The number of benzene rings is 1. The van der Waals surface area contributed by atoms with E-state index in [9.17, 15) is 13.2 Å². The lowest BCUT2D eigenvalue weighted by Crippen LogP contribution is -2.48. The molecule has 0 radical (unpaired) electrons. The van der Waals surface area contributed by atoms with Gasteiger partial charge < -0.3 is 15.4 Å². The Kier molecular flexibility index (Phi) is 9.01. The number of hydrogen-bond donors (Lipinski definition) is 2. The van der Waals surface area contributed by atoms with Gasteiger partial charge in [-0.3, -0.25) is 4.79 Å². The summed E-state index contributed by atoms with van der Waals surface area (Å²) in [5.41, 5.74) is 0.242. The van der Waals surface area contributed by atoms with E-state index in [1.165, 1.54) is 29.6 Å². The number of hydrogen-bond acceptors (Lipinski definition) is 5. The van der Waals surface area contributed by atoms with Crippen LogP contribution in [0.5, 0.6) is 5.75 Å². The molecule has 0 saturated carbocycles. The number of sulfonamides is 1. The Morgan fingerprint density at radius 1 is 1.33 bits per heavy atom. The predicted octanol–water partition coefficient (Wildman–Crippen LogP) is 1.88. The first kappa shape index (κ1) is 23.7. The van der Waals surface area contributed by atoms with E-state index >= 15 is 0 Å². The first-order chi connectivity index (χ1) is 12.3. The molecule has 1 aliphatic rings. The molecule has 1 fully saturated rings. The molecule has 1 amide bonds. The van der Waals surface area contributed by atoms with Crippen molar-refractivity contribution in [3.8, 4) is 5.75 Å². The zero-order valence-electron chi connectivity index (χ0n) is 16.3. The number of piperidine rings is 1. The smallest absolute Gasteiger partial charge is 0.255 e. The summed E-state index contributed by atoms with van der Waals surface area (Å²) in [6.45, 7) is 8.10. The number of halogens is 1. The van der Waals surface area contributed by atoms with Gasteiger partial charge in [-0.15, -0.1) is 12.4 Å². The number of amides is 1. The van der Waals surface area contributed by atoms with Crippen LogP contribution in [0.1, 0.15) is 37.6 Å². The molecule has 0 spiro atoms. The third-order valence-electron chi connectivity index (χ3n) is 4.86. The molecular weight excluding hydrogens is 390 g/mol. The van der Waals surface area contributed by atoms with Gasteiger partial charge in [-0.05, 0) is 43.6 Å². The summed E-state index contributed by atoms with van der Waals surface area (Å²) in [7, 11) is -2.17. The topological polar surface area (TPSA) is 87.7 Å². The van der Waals surface area contributed by atoms with Crippen molar-refractivity contribution < 1.29 is 17.9 Å². The van der Waals surface area contributed by atoms with Crippen molar-refractivity contribution in [2.45, 2.75) is 38.1 Å².